The molecule has 0 radical (unpaired) electrons. The second kappa shape index (κ2) is 7.26. The lowest BCUT2D eigenvalue weighted by Crippen LogP contribution is -2.34. The zero-order valence-corrected chi connectivity index (χ0v) is 13.6. The number of nitrogens with one attached hydrogen (secondary N) is 2. The number of carbonyl (C=O) groups is 3. The molecule has 6 heteroatoms. The van der Waals surface area contributed by atoms with Crippen molar-refractivity contribution in [2.24, 2.45) is 11.8 Å². The molecule has 2 amide bonds. The molecule has 0 aromatic heterocycles. The fraction of sp³-hybridized carbons (Fsp3) is 0.471. The highest BCUT2D eigenvalue weighted by molar-refractivity contribution is 5.97. The minimum Gasteiger partial charge on any atom is -0.469 e. The molecule has 1 aromatic rings. The van der Waals surface area contributed by atoms with Crippen LogP contribution in [-0.4, -0.2) is 30.9 Å². The number of rotatable bonds is 6. The Balaban J connectivity index is 1.87. The van der Waals surface area contributed by atoms with E-state index in [1.54, 1.807) is 31.2 Å². The predicted molar refractivity (Wildman–Crippen MR) is 85.9 cm³/mol. The maximum absolute atomic E-state index is 12.1. The Bertz CT molecular complexity index is 597. The molecule has 23 heavy (non-hydrogen) atoms. The normalized spacial score (nSPS) is 20.3. The highest BCUT2D eigenvalue weighted by Crippen LogP contribution is 2.38. The molecule has 1 fully saturated rings. The Kier molecular flexibility index (Phi) is 5.36. The van der Waals surface area contributed by atoms with Gasteiger partial charge in [-0.1, -0.05) is 6.92 Å². The highest BCUT2D eigenvalue weighted by atomic mass is 16.5. The lowest BCUT2D eigenvalue weighted by Gasteiger charge is -2.13. The average molecular weight is 318 g/mol. The van der Waals surface area contributed by atoms with Crippen LogP contribution in [0.2, 0.25) is 0 Å². The number of esters is 1. The second-order valence-electron chi connectivity index (χ2n) is 6.04. The number of anilines is 1. The number of ether oxygens (including phenoxy) is 1. The number of carbonyl (C=O) groups excluding carboxylic acids is 3. The van der Waals surface area contributed by atoms with Gasteiger partial charge in [-0.15, -0.1) is 0 Å². The maximum atomic E-state index is 12.1. The van der Waals surface area contributed by atoms with Crippen LogP contribution in [0.5, 0.6) is 0 Å². The first-order valence-electron chi connectivity index (χ1n) is 7.69. The summed E-state index contributed by atoms with van der Waals surface area (Å²) in [6, 6.07) is 6.37. The van der Waals surface area contributed by atoms with Crippen LogP contribution < -0.4 is 10.6 Å². The summed E-state index contributed by atoms with van der Waals surface area (Å²) in [4.78, 5) is 35.1. The van der Waals surface area contributed by atoms with Gasteiger partial charge in [-0.2, -0.15) is 0 Å². The van der Waals surface area contributed by atoms with E-state index in [1.807, 2.05) is 6.92 Å². The summed E-state index contributed by atoms with van der Waals surface area (Å²) in [7, 11) is 1.31. The molecular weight excluding hydrogens is 296 g/mol. The molecule has 3 atom stereocenters. The first-order valence-corrected chi connectivity index (χ1v) is 7.69. The van der Waals surface area contributed by atoms with E-state index < -0.39 is 0 Å². The summed E-state index contributed by atoms with van der Waals surface area (Å²) in [5, 5.41) is 5.57. The van der Waals surface area contributed by atoms with Crippen molar-refractivity contribution in [3.63, 3.8) is 0 Å². The van der Waals surface area contributed by atoms with Crippen LogP contribution in [0.25, 0.3) is 0 Å². The molecule has 0 heterocycles. The summed E-state index contributed by atoms with van der Waals surface area (Å²) >= 11 is 0. The van der Waals surface area contributed by atoms with Gasteiger partial charge in [0.05, 0.1) is 13.5 Å². The van der Waals surface area contributed by atoms with E-state index in [4.69, 9.17) is 0 Å². The lowest BCUT2D eigenvalue weighted by molar-refractivity contribution is -0.141. The molecular formula is C17H22N2O4. The first kappa shape index (κ1) is 17.0. The minimum absolute atomic E-state index is 0.0291. The third-order valence-corrected chi connectivity index (χ3v) is 3.94. The van der Waals surface area contributed by atoms with Gasteiger partial charge in [0, 0.05) is 23.2 Å². The van der Waals surface area contributed by atoms with Crippen molar-refractivity contribution in [1.82, 2.24) is 5.32 Å². The molecule has 124 valence electrons. The molecule has 0 saturated heterocycles. The minimum atomic E-state index is -0.370. The van der Waals surface area contributed by atoms with Crippen LogP contribution in [0.4, 0.5) is 5.69 Å². The fourth-order valence-electron chi connectivity index (χ4n) is 2.32. The third kappa shape index (κ3) is 4.81. The van der Waals surface area contributed by atoms with E-state index in [-0.39, 0.29) is 36.2 Å². The van der Waals surface area contributed by atoms with Crippen molar-refractivity contribution in [2.45, 2.75) is 32.7 Å². The van der Waals surface area contributed by atoms with Gasteiger partial charge >= 0.3 is 5.97 Å². The van der Waals surface area contributed by atoms with Crippen LogP contribution in [0.1, 0.15) is 37.0 Å². The molecule has 6 nitrogen and oxygen atoms in total. The van der Waals surface area contributed by atoms with Gasteiger partial charge in [0.1, 0.15) is 0 Å². The van der Waals surface area contributed by atoms with Gasteiger partial charge in [-0.05, 0) is 43.5 Å². The quantitative estimate of drug-likeness (QED) is 0.785. The molecule has 0 spiro atoms. The topological polar surface area (TPSA) is 84.5 Å². The Morgan fingerprint density at radius 1 is 1.26 bits per heavy atom. The second-order valence-corrected chi connectivity index (χ2v) is 6.04. The average Bonchev–Trinajstić information content (AvgIpc) is 3.24. The first-order chi connectivity index (χ1) is 10.9. The van der Waals surface area contributed by atoms with Crippen LogP contribution in [-0.2, 0) is 14.3 Å². The zero-order chi connectivity index (χ0) is 17.0. The van der Waals surface area contributed by atoms with Gasteiger partial charge < -0.3 is 15.4 Å². The number of methoxy groups -OCH3 is 1. The number of hydrogen-bond acceptors (Lipinski definition) is 4. The number of hydrogen-bond donors (Lipinski definition) is 2. The molecule has 1 saturated carbocycles. The molecule has 2 rings (SSSR count). The van der Waals surface area contributed by atoms with Gasteiger partial charge in [0.25, 0.3) is 5.91 Å². The lowest BCUT2D eigenvalue weighted by atomic mass is 10.1. The summed E-state index contributed by atoms with van der Waals surface area (Å²) in [6.07, 6.45) is 1.06. The Labute approximate surface area is 135 Å². The molecule has 2 N–H and O–H groups in total. The maximum Gasteiger partial charge on any atom is 0.307 e. The SMILES string of the molecule is COC(=O)CC(C)NC(=O)c1ccc(NC(=O)C2CC2C)cc1. The molecule has 1 aliphatic rings. The van der Waals surface area contributed by atoms with Gasteiger partial charge in [0.15, 0.2) is 0 Å². The van der Waals surface area contributed by atoms with Crippen LogP contribution in [0.15, 0.2) is 24.3 Å². The van der Waals surface area contributed by atoms with Crippen LogP contribution in [0.3, 0.4) is 0 Å². The van der Waals surface area contributed by atoms with Crippen molar-refractivity contribution < 1.29 is 19.1 Å². The van der Waals surface area contributed by atoms with E-state index in [2.05, 4.69) is 15.4 Å². The fourth-order valence-corrected chi connectivity index (χ4v) is 2.32. The monoisotopic (exact) mass is 318 g/mol. The van der Waals surface area contributed by atoms with E-state index >= 15 is 0 Å². The Morgan fingerprint density at radius 2 is 1.87 bits per heavy atom. The van der Waals surface area contributed by atoms with E-state index in [0.29, 0.717) is 17.2 Å². The Morgan fingerprint density at radius 3 is 2.39 bits per heavy atom. The van der Waals surface area contributed by atoms with Crippen molar-refractivity contribution in [2.75, 3.05) is 12.4 Å². The van der Waals surface area contributed by atoms with Gasteiger partial charge in [0.2, 0.25) is 5.91 Å². The van der Waals surface area contributed by atoms with Gasteiger partial charge in [-0.3, -0.25) is 14.4 Å². The third-order valence-electron chi connectivity index (χ3n) is 3.94. The smallest absolute Gasteiger partial charge is 0.307 e. The van der Waals surface area contributed by atoms with Crippen molar-refractivity contribution in [1.29, 1.82) is 0 Å². The summed E-state index contributed by atoms with van der Waals surface area (Å²) in [6.45, 7) is 3.79. The Hall–Kier alpha value is -2.37. The van der Waals surface area contributed by atoms with E-state index in [9.17, 15) is 14.4 Å². The summed E-state index contributed by atoms with van der Waals surface area (Å²) in [5.41, 5.74) is 1.15. The molecule has 3 unspecified atom stereocenters. The van der Waals surface area contributed by atoms with Crippen LogP contribution >= 0.6 is 0 Å². The number of benzene rings is 1. The van der Waals surface area contributed by atoms with Gasteiger partial charge in [-0.25, -0.2) is 0 Å². The highest BCUT2D eigenvalue weighted by Gasteiger charge is 2.39. The van der Waals surface area contributed by atoms with Crippen LogP contribution in [0, 0.1) is 11.8 Å². The predicted octanol–water partition coefficient (Wildman–Crippen LogP) is 1.96. The standard InChI is InChI=1S/C17H22N2O4/c1-10-8-14(10)17(22)19-13-6-4-12(5-7-13)16(21)18-11(2)9-15(20)23-3/h4-7,10-11,14H,8-9H2,1-3H3,(H,18,21)(H,19,22). The largest absolute Gasteiger partial charge is 0.469 e. The van der Waals surface area contributed by atoms with E-state index in [0.717, 1.165) is 6.42 Å². The molecule has 0 bridgehead atoms. The number of amides is 2. The van der Waals surface area contributed by atoms with Crippen molar-refractivity contribution in [3.8, 4) is 0 Å². The van der Waals surface area contributed by atoms with Crippen molar-refractivity contribution >= 4 is 23.5 Å². The van der Waals surface area contributed by atoms with E-state index in [1.165, 1.54) is 7.11 Å². The molecule has 0 aliphatic heterocycles. The van der Waals surface area contributed by atoms with Crippen molar-refractivity contribution in [3.05, 3.63) is 29.8 Å². The zero-order valence-electron chi connectivity index (χ0n) is 13.6. The summed E-state index contributed by atoms with van der Waals surface area (Å²) in [5.74, 6) is -0.0462. The summed E-state index contributed by atoms with van der Waals surface area (Å²) < 4.78 is 4.56. The molecule has 1 aliphatic carbocycles. The molecule has 1 aromatic carbocycles.